The van der Waals surface area contributed by atoms with Gasteiger partial charge in [-0.1, -0.05) is 33.1 Å². The number of nitrogens with zero attached hydrogens (tertiary/aromatic N) is 1. The van der Waals surface area contributed by atoms with Crippen molar-refractivity contribution in [1.29, 1.82) is 0 Å². The van der Waals surface area contributed by atoms with Gasteiger partial charge in [0.05, 0.1) is 12.5 Å². The van der Waals surface area contributed by atoms with Crippen LogP contribution in [0.15, 0.2) is 21.9 Å². The number of ether oxygens (including phenoxy) is 1. The van der Waals surface area contributed by atoms with Crippen molar-refractivity contribution in [3.05, 3.63) is 33.1 Å². The van der Waals surface area contributed by atoms with Crippen LogP contribution in [0, 0.1) is 5.92 Å². The number of carbonyl (C=O) groups is 2. The Labute approximate surface area is 134 Å². The molecule has 0 aromatic carbocycles. The van der Waals surface area contributed by atoms with Crippen molar-refractivity contribution in [1.82, 2.24) is 9.55 Å². The molecule has 1 rings (SSSR count). The van der Waals surface area contributed by atoms with E-state index in [2.05, 4.69) is 4.98 Å². The Hall–Kier alpha value is -2.18. The summed E-state index contributed by atoms with van der Waals surface area (Å²) in [5, 5.41) is 0. The topological polar surface area (TPSA) is 98.2 Å². The highest BCUT2D eigenvalue weighted by Gasteiger charge is 2.08. The van der Waals surface area contributed by atoms with Crippen LogP contribution in [0.2, 0.25) is 0 Å². The first-order valence-electron chi connectivity index (χ1n) is 7.93. The normalized spacial score (nSPS) is 10.7. The summed E-state index contributed by atoms with van der Waals surface area (Å²) in [5.41, 5.74) is -1.22. The molecule has 0 amide bonds. The van der Waals surface area contributed by atoms with Crippen molar-refractivity contribution in [2.75, 3.05) is 6.61 Å². The summed E-state index contributed by atoms with van der Waals surface area (Å²) < 4.78 is 5.99. The van der Waals surface area contributed by atoms with Gasteiger partial charge in [-0.05, 0) is 12.8 Å². The Bertz CT molecular complexity index is 630. The Morgan fingerprint density at radius 1 is 1.13 bits per heavy atom. The molecule has 0 aliphatic rings. The molecule has 0 spiro atoms. The summed E-state index contributed by atoms with van der Waals surface area (Å²) in [6.45, 7) is 4.03. The van der Waals surface area contributed by atoms with Crippen molar-refractivity contribution in [2.24, 2.45) is 5.92 Å². The van der Waals surface area contributed by atoms with E-state index in [-0.39, 0.29) is 24.2 Å². The molecule has 0 unspecified atom stereocenters. The molecule has 1 heterocycles. The molecular formula is C16H24N2O5. The van der Waals surface area contributed by atoms with Crippen LogP contribution in [0.3, 0.4) is 0 Å². The van der Waals surface area contributed by atoms with E-state index in [1.165, 1.54) is 6.20 Å². The number of aromatic amines is 1. The van der Waals surface area contributed by atoms with Gasteiger partial charge in [0.2, 0.25) is 5.91 Å². The zero-order chi connectivity index (χ0) is 17.2. The first kappa shape index (κ1) is 18.9. The van der Waals surface area contributed by atoms with E-state index in [4.69, 9.17) is 4.74 Å². The molecular weight excluding hydrogens is 300 g/mol. The largest absolute Gasteiger partial charge is 0.465 e. The number of H-pyrrole nitrogens is 1. The average Bonchev–Trinajstić information content (AvgIpc) is 2.49. The van der Waals surface area contributed by atoms with Crippen LogP contribution in [0.5, 0.6) is 0 Å². The third-order valence-corrected chi connectivity index (χ3v) is 3.34. The monoisotopic (exact) mass is 324 g/mol. The highest BCUT2D eigenvalue weighted by molar-refractivity contribution is 5.78. The van der Waals surface area contributed by atoms with Gasteiger partial charge in [0.15, 0.2) is 0 Å². The fourth-order valence-corrected chi connectivity index (χ4v) is 1.98. The molecule has 0 radical (unpaired) electrons. The summed E-state index contributed by atoms with van der Waals surface area (Å²) in [5.74, 6) is -0.601. The lowest BCUT2D eigenvalue weighted by atomic mass is 10.1. The molecule has 23 heavy (non-hydrogen) atoms. The molecule has 7 heteroatoms. The summed E-state index contributed by atoms with van der Waals surface area (Å²) >= 11 is 0. The van der Waals surface area contributed by atoms with Gasteiger partial charge in [-0.2, -0.15) is 0 Å². The van der Waals surface area contributed by atoms with Crippen LogP contribution < -0.4 is 11.2 Å². The highest BCUT2D eigenvalue weighted by atomic mass is 16.5. The number of aromatic nitrogens is 2. The quantitative estimate of drug-likeness (QED) is 0.551. The maximum atomic E-state index is 11.8. The number of carbonyl (C=O) groups excluding carboxylic acids is 2. The van der Waals surface area contributed by atoms with Gasteiger partial charge in [-0.15, -0.1) is 0 Å². The van der Waals surface area contributed by atoms with E-state index in [0.717, 1.165) is 36.3 Å². The number of hydrogen-bond acceptors (Lipinski definition) is 5. The summed E-state index contributed by atoms with van der Waals surface area (Å²) in [6.07, 6.45) is 5.68. The maximum absolute atomic E-state index is 11.8. The molecule has 1 N–H and O–H groups in total. The molecule has 0 aliphatic heterocycles. The zero-order valence-corrected chi connectivity index (χ0v) is 13.7. The Morgan fingerprint density at radius 2 is 1.78 bits per heavy atom. The minimum absolute atomic E-state index is 0.0997. The smallest absolute Gasteiger partial charge is 0.335 e. The first-order chi connectivity index (χ1) is 10.9. The van der Waals surface area contributed by atoms with Crippen LogP contribution in [-0.4, -0.2) is 28.0 Å². The average molecular weight is 324 g/mol. The van der Waals surface area contributed by atoms with Gasteiger partial charge in [0.1, 0.15) is 0 Å². The van der Waals surface area contributed by atoms with Crippen LogP contribution in [0.4, 0.5) is 0 Å². The molecule has 0 bridgehead atoms. The fourth-order valence-electron chi connectivity index (χ4n) is 1.98. The second-order valence-electron chi connectivity index (χ2n) is 5.71. The van der Waals surface area contributed by atoms with Gasteiger partial charge in [0.25, 0.3) is 5.56 Å². The standard InChI is InChI=1S/C16H24N2O5/c1-12(2)15(21)23-11-7-5-3-4-6-8-14(20)18-10-9-13(19)17-16(18)22/h9-10,12H,3-8,11H2,1-2H3,(H,17,19,22). The van der Waals surface area contributed by atoms with Crippen LogP contribution in [0.25, 0.3) is 0 Å². The highest BCUT2D eigenvalue weighted by Crippen LogP contribution is 2.07. The predicted molar refractivity (Wildman–Crippen MR) is 85.4 cm³/mol. The minimum atomic E-state index is -0.700. The number of unbranched alkanes of at least 4 members (excludes halogenated alkanes) is 4. The van der Waals surface area contributed by atoms with Gasteiger partial charge in [-0.25, -0.2) is 9.36 Å². The van der Waals surface area contributed by atoms with Crippen molar-refractivity contribution in [2.45, 2.75) is 52.4 Å². The van der Waals surface area contributed by atoms with Crippen molar-refractivity contribution < 1.29 is 14.3 Å². The van der Waals surface area contributed by atoms with E-state index in [1.807, 2.05) is 0 Å². The van der Waals surface area contributed by atoms with Crippen molar-refractivity contribution >= 4 is 11.9 Å². The first-order valence-corrected chi connectivity index (χ1v) is 7.93. The molecule has 1 aromatic rings. The lowest BCUT2D eigenvalue weighted by Crippen LogP contribution is -2.32. The predicted octanol–water partition coefficient (Wildman–Crippen LogP) is 1.72. The molecule has 0 saturated heterocycles. The third-order valence-electron chi connectivity index (χ3n) is 3.34. The third kappa shape index (κ3) is 7.08. The molecule has 0 aliphatic carbocycles. The molecule has 1 aromatic heterocycles. The zero-order valence-electron chi connectivity index (χ0n) is 13.7. The van der Waals surface area contributed by atoms with Crippen LogP contribution in [0.1, 0.15) is 57.2 Å². The van der Waals surface area contributed by atoms with E-state index < -0.39 is 11.2 Å². The molecule has 0 atom stereocenters. The van der Waals surface area contributed by atoms with E-state index in [1.54, 1.807) is 13.8 Å². The summed E-state index contributed by atoms with van der Waals surface area (Å²) in [6, 6.07) is 1.15. The molecule has 0 saturated carbocycles. The number of nitrogens with one attached hydrogen (secondary N) is 1. The Kier molecular flexibility index (Phi) is 8.01. The lowest BCUT2D eigenvalue weighted by molar-refractivity contribution is -0.147. The van der Waals surface area contributed by atoms with Crippen LogP contribution in [-0.2, 0) is 9.53 Å². The number of hydrogen-bond donors (Lipinski definition) is 1. The van der Waals surface area contributed by atoms with Gasteiger partial charge in [-0.3, -0.25) is 19.4 Å². The molecule has 128 valence electrons. The summed E-state index contributed by atoms with van der Waals surface area (Å²) in [4.78, 5) is 47.5. The second-order valence-corrected chi connectivity index (χ2v) is 5.71. The number of rotatable bonds is 9. The van der Waals surface area contributed by atoms with Gasteiger partial charge >= 0.3 is 11.7 Å². The number of esters is 1. The minimum Gasteiger partial charge on any atom is -0.465 e. The van der Waals surface area contributed by atoms with Crippen molar-refractivity contribution in [3.8, 4) is 0 Å². The van der Waals surface area contributed by atoms with Crippen LogP contribution >= 0.6 is 0 Å². The lowest BCUT2D eigenvalue weighted by Gasteiger charge is -2.07. The SMILES string of the molecule is CC(C)C(=O)OCCCCCCCC(=O)n1ccc(=O)[nH]c1=O. The van der Waals surface area contributed by atoms with Gasteiger partial charge in [0, 0.05) is 18.7 Å². The van der Waals surface area contributed by atoms with Gasteiger partial charge < -0.3 is 4.74 Å². The van der Waals surface area contributed by atoms with Crippen molar-refractivity contribution in [3.63, 3.8) is 0 Å². The fraction of sp³-hybridized carbons (Fsp3) is 0.625. The molecule has 0 fully saturated rings. The summed E-state index contributed by atoms with van der Waals surface area (Å²) in [7, 11) is 0. The van der Waals surface area contributed by atoms with E-state index in [9.17, 15) is 19.2 Å². The Morgan fingerprint density at radius 3 is 2.43 bits per heavy atom. The second kappa shape index (κ2) is 9.76. The maximum Gasteiger partial charge on any atom is 0.335 e. The van der Waals surface area contributed by atoms with E-state index >= 15 is 0 Å². The Balaban J connectivity index is 2.13. The molecule has 7 nitrogen and oxygen atoms in total. The van der Waals surface area contributed by atoms with E-state index in [0.29, 0.717) is 13.0 Å².